The number of halogens is 2. The number of hydrogen-bond donors (Lipinski definition) is 2. The van der Waals surface area contributed by atoms with Gasteiger partial charge in [-0.25, -0.2) is 4.79 Å². The van der Waals surface area contributed by atoms with Crippen LogP contribution in [0.3, 0.4) is 0 Å². The van der Waals surface area contributed by atoms with Crippen molar-refractivity contribution in [3.8, 4) is 11.5 Å². The molecule has 0 aliphatic heterocycles. The molecule has 2 aromatic rings. The molecule has 2 aromatic carbocycles. The van der Waals surface area contributed by atoms with Crippen LogP contribution in [0.4, 0.5) is 5.69 Å². The number of phenols is 1. The monoisotopic (exact) mass is 409 g/mol. The predicted octanol–water partition coefficient (Wildman–Crippen LogP) is 4.29. The van der Waals surface area contributed by atoms with E-state index in [0.29, 0.717) is 21.3 Å². The zero-order valence-corrected chi connectivity index (χ0v) is 16.0. The highest BCUT2D eigenvalue weighted by Gasteiger charge is 2.18. The predicted molar refractivity (Wildman–Crippen MR) is 104 cm³/mol. The fourth-order valence-corrected chi connectivity index (χ4v) is 2.39. The average molecular weight is 410 g/mol. The van der Waals surface area contributed by atoms with E-state index in [0.717, 1.165) is 0 Å². The Morgan fingerprint density at radius 3 is 2.63 bits per heavy atom. The fourth-order valence-electron chi connectivity index (χ4n) is 2.06. The first-order chi connectivity index (χ1) is 12.8. The summed E-state index contributed by atoms with van der Waals surface area (Å²) in [5, 5.41) is 12.8. The van der Waals surface area contributed by atoms with Crippen molar-refractivity contribution >= 4 is 46.8 Å². The lowest BCUT2D eigenvalue weighted by molar-refractivity contribution is -0.148. The molecule has 27 heavy (non-hydrogen) atoms. The van der Waals surface area contributed by atoms with E-state index in [1.54, 1.807) is 24.3 Å². The summed E-state index contributed by atoms with van der Waals surface area (Å²) >= 11 is 11.8. The van der Waals surface area contributed by atoms with Crippen LogP contribution in [0.15, 0.2) is 42.5 Å². The van der Waals surface area contributed by atoms with Gasteiger partial charge in [-0.3, -0.25) is 4.79 Å². The van der Waals surface area contributed by atoms with Crippen molar-refractivity contribution in [3.05, 3.63) is 58.1 Å². The van der Waals surface area contributed by atoms with Crippen LogP contribution in [0.1, 0.15) is 12.5 Å². The van der Waals surface area contributed by atoms with Gasteiger partial charge in [-0.05, 0) is 48.9 Å². The van der Waals surface area contributed by atoms with Crippen molar-refractivity contribution in [1.82, 2.24) is 0 Å². The molecule has 0 fully saturated rings. The molecule has 0 radical (unpaired) electrons. The van der Waals surface area contributed by atoms with E-state index >= 15 is 0 Å². The third-order valence-electron chi connectivity index (χ3n) is 3.46. The van der Waals surface area contributed by atoms with Crippen LogP contribution in [-0.4, -0.2) is 30.2 Å². The summed E-state index contributed by atoms with van der Waals surface area (Å²) in [6.07, 6.45) is 1.59. The molecule has 0 aliphatic carbocycles. The summed E-state index contributed by atoms with van der Waals surface area (Å²) in [5.74, 6) is -0.993. The number of aromatic hydroxyl groups is 1. The maximum atomic E-state index is 12.1. The minimum absolute atomic E-state index is 0.0119. The summed E-state index contributed by atoms with van der Waals surface area (Å²) in [4.78, 5) is 24.1. The first kappa shape index (κ1) is 20.6. The number of nitrogens with one attached hydrogen (secondary N) is 1. The van der Waals surface area contributed by atoms with E-state index in [1.165, 1.54) is 38.3 Å². The van der Waals surface area contributed by atoms with Crippen molar-refractivity contribution in [3.63, 3.8) is 0 Å². The first-order valence-corrected chi connectivity index (χ1v) is 8.57. The van der Waals surface area contributed by atoms with Gasteiger partial charge in [-0.15, -0.1) is 0 Å². The van der Waals surface area contributed by atoms with Gasteiger partial charge in [0.25, 0.3) is 5.91 Å². The number of carbonyl (C=O) groups excluding carboxylic acids is 2. The highest BCUT2D eigenvalue weighted by atomic mass is 35.5. The lowest BCUT2D eigenvalue weighted by Crippen LogP contribution is -2.29. The molecule has 0 aromatic heterocycles. The lowest BCUT2D eigenvalue weighted by atomic mass is 10.2. The zero-order valence-electron chi connectivity index (χ0n) is 14.5. The third-order valence-corrected chi connectivity index (χ3v) is 4.03. The lowest BCUT2D eigenvalue weighted by Gasteiger charge is -2.13. The second-order valence-corrected chi connectivity index (χ2v) is 6.30. The van der Waals surface area contributed by atoms with Gasteiger partial charge in [0.15, 0.2) is 17.6 Å². The van der Waals surface area contributed by atoms with Crippen LogP contribution >= 0.6 is 23.2 Å². The van der Waals surface area contributed by atoms with Crippen LogP contribution in [0.2, 0.25) is 10.0 Å². The molecule has 0 bridgehead atoms. The second-order valence-electron chi connectivity index (χ2n) is 5.46. The SMILES string of the molecule is COc1cc(/C=C/C(=O)OC(C)C(=O)Nc2cc(Cl)ccc2Cl)ccc1O. The number of ether oxygens (including phenoxy) is 2. The molecule has 0 spiro atoms. The Kier molecular flexibility index (Phi) is 7.10. The van der Waals surface area contributed by atoms with Crippen LogP contribution < -0.4 is 10.1 Å². The topological polar surface area (TPSA) is 84.9 Å². The fraction of sp³-hybridized carbons (Fsp3) is 0.158. The van der Waals surface area contributed by atoms with Crippen molar-refractivity contribution in [2.24, 2.45) is 0 Å². The molecular weight excluding hydrogens is 393 g/mol. The highest BCUT2D eigenvalue weighted by molar-refractivity contribution is 6.35. The van der Waals surface area contributed by atoms with Crippen molar-refractivity contribution < 1.29 is 24.2 Å². The standard InChI is InChI=1S/C19H17Cl2NO5/c1-11(19(25)22-15-10-13(20)5-6-14(15)21)27-18(24)8-4-12-3-7-16(23)17(9-12)26-2/h3-11,23H,1-2H3,(H,22,25)/b8-4+. The van der Waals surface area contributed by atoms with E-state index in [2.05, 4.69) is 5.32 Å². The van der Waals surface area contributed by atoms with Gasteiger partial charge in [0, 0.05) is 11.1 Å². The number of benzene rings is 2. The molecular formula is C19H17Cl2NO5. The Balaban J connectivity index is 1.96. The Morgan fingerprint density at radius 1 is 1.19 bits per heavy atom. The van der Waals surface area contributed by atoms with Crippen LogP contribution in [0, 0.1) is 0 Å². The highest BCUT2D eigenvalue weighted by Crippen LogP contribution is 2.27. The van der Waals surface area contributed by atoms with E-state index in [4.69, 9.17) is 32.7 Å². The number of rotatable bonds is 6. The second kappa shape index (κ2) is 9.30. The quantitative estimate of drug-likeness (QED) is 0.548. The first-order valence-electron chi connectivity index (χ1n) is 7.81. The molecule has 2 rings (SSSR count). The number of methoxy groups -OCH3 is 1. The minimum atomic E-state index is -1.05. The molecule has 1 unspecified atom stereocenters. The minimum Gasteiger partial charge on any atom is -0.504 e. The molecule has 2 N–H and O–H groups in total. The van der Waals surface area contributed by atoms with E-state index in [1.807, 2.05) is 0 Å². The van der Waals surface area contributed by atoms with Gasteiger partial charge in [0.2, 0.25) is 0 Å². The Morgan fingerprint density at radius 2 is 1.93 bits per heavy atom. The Bertz CT molecular complexity index is 882. The number of hydrogen-bond acceptors (Lipinski definition) is 5. The third kappa shape index (κ3) is 5.91. The smallest absolute Gasteiger partial charge is 0.331 e. The number of amides is 1. The van der Waals surface area contributed by atoms with Crippen molar-refractivity contribution in [1.29, 1.82) is 0 Å². The van der Waals surface area contributed by atoms with Crippen molar-refractivity contribution in [2.75, 3.05) is 12.4 Å². The van der Waals surface area contributed by atoms with Gasteiger partial charge >= 0.3 is 5.97 Å². The molecule has 0 saturated heterocycles. The summed E-state index contributed by atoms with van der Waals surface area (Å²) < 4.78 is 10.1. The van der Waals surface area contributed by atoms with Gasteiger partial charge in [0.05, 0.1) is 17.8 Å². The molecule has 0 saturated carbocycles. The number of carbonyl (C=O) groups is 2. The van der Waals surface area contributed by atoms with Crippen LogP contribution in [0.25, 0.3) is 6.08 Å². The summed E-state index contributed by atoms with van der Waals surface area (Å²) in [6.45, 7) is 1.43. The molecule has 6 nitrogen and oxygen atoms in total. The zero-order chi connectivity index (χ0) is 20.0. The molecule has 0 heterocycles. The maximum Gasteiger partial charge on any atom is 0.331 e. The van der Waals surface area contributed by atoms with E-state index in [-0.39, 0.29) is 11.5 Å². The number of phenolic OH excluding ortho intramolecular Hbond substituents is 1. The molecule has 1 amide bonds. The Labute approximate surface area is 166 Å². The molecule has 1 atom stereocenters. The molecule has 8 heteroatoms. The van der Waals surface area contributed by atoms with Gasteiger partial charge in [0.1, 0.15) is 0 Å². The van der Waals surface area contributed by atoms with Crippen molar-refractivity contribution in [2.45, 2.75) is 13.0 Å². The largest absolute Gasteiger partial charge is 0.504 e. The molecule has 142 valence electrons. The average Bonchev–Trinajstić information content (AvgIpc) is 2.63. The Hall–Kier alpha value is -2.70. The number of anilines is 1. The summed E-state index contributed by atoms with van der Waals surface area (Å²) in [6, 6.07) is 9.22. The maximum absolute atomic E-state index is 12.1. The van der Waals surface area contributed by atoms with Crippen LogP contribution in [-0.2, 0) is 14.3 Å². The summed E-state index contributed by atoms with van der Waals surface area (Å²) in [7, 11) is 1.42. The van der Waals surface area contributed by atoms with Gasteiger partial charge in [-0.2, -0.15) is 0 Å². The molecule has 0 aliphatic rings. The summed E-state index contributed by atoms with van der Waals surface area (Å²) in [5.41, 5.74) is 0.938. The normalized spacial score (nSPS) is 11.9. The van der Waals surface area contributed by atoms with Gasteiger partial charge < -0.3 is 19.9 Å². The van der Waals surface area contributed by atoms with E-state index in [9.17, 15) is 14.7 Å². The number of esters is 1. The van der Waals surface area contributed by atoms with E-state index < -0.39 is 18.0 Å². The van der Waals surface area contributed by atoms with Crippen LogP contribution in [0.5, 0.6) is 11.5 Å². The van der Waals surface area contributed by atoms with Gasteiger partial charge in [-0.1, -0.05) is 29.3 Å².